The molecule has 0 heterocycles. The third-order valence-corrected chi connectivity index (χ3v) is 2.51. The van der Waals surface area contributed by atoms with Crippen molar-refractivity contribution in [3.05, 3.63) is 0 Å². The van der Waals surface area contributed by atoms with Crippen LogP contribution in [0.2, 0.25) is 0 Å². The summed E-state index contributed by atoms with van der Waals surface area (Å²) >= 11 is 0. The van der Waals surface area contributed by atoms with Gasteiger partial charge in [-0.15, -0.1) is 0 Å². The van der Waals surface area contributed by atoms with Gasteiger partial charge in [0.2, 0.25) is 5.91 Å². The molecule has 4 nitrogen and oxygen atoms in total. The van der Waals surface area contributed by atoms with Crippen LogP contribution in [0.25, 0.3) is 0 Å². The minimum absolute atomic E-state index is 0.0499. The number of hydrogen-bond donors (Lipinski definition) is 0. The number of amides is 1. The molecule has 0 spiro atoms. The molecule has 0 rings (SSSR count). The molecule has 0 fully saturated rings. The molecule has 0 saturated heterocycles. The van der Waals surface area contributed by atoms with Crippen LogP contribution < -0.4 is 0 Å². The van der Waals surface area contributed by atoms with Crippen molar-refractivity contribution >= 4 is 11.9 Å². The summed E-state index contributed by atoms with van der Waals surface area (Å²) in [5, 5.41) is 0. The van der Waals surface area contributed by atoms with E-state index in [0.29, 0.717) is 0 Å². The Morgan fingerprint density at radius 3 is 1.87 bits per heavy atom. The van der Waals surface area contributed by atoms with Crippen LogP contribution in [-0.4, -0.2) is 37.0 Å². The lowest BCUT2D eigenvalue weighted by molar-refractivity contribution is -0.155. The van der Waals surface area contributed by atoms with Crippen molar-refractivity contribution in [3.63, 3.8) is 0 Å². The molecular formula is C11H21NO3. The molecule has 4 heteroatoms. The maximum atomic E-state index is 12.0. The van der Waals surface area contributed by atoms with E-state index >= 15 is 0 Å². The number of nitrogens with zero attached hydrogens (tertiary/aromatic N) is 1. The average molecular weight is 215 g/mol. The Morgan fingerprint density at radius 2 is 1.60 bits per heavy atom. The molecule has 0 aliphatic heterocycles. The molecule has 88 valence electrons. The maximum Gasteiger partial charge on any atom is 0.318 e. The Hall–Kier alpha value is -1.06. The first kappa shape index (κ1) is 13.9. The largest absolute Gasteiger partial charge is 0.468 e. The summed E-state index contributed by atoms with van der Waals surface area (Å²) in [7, 11) is 3.01. The lowest BCUT2D eigenvalue weighted by Crippen LogP contribution is -2.43. The smallest absolute Gasteiger partial charge is 0.318 e. The van der Waals surface area contributed by atoms with E-state index in [1.165, 1.54) is 7.11 Å². The third-order valence-electron chi connectivity index (χ3n) is 2.51. The van der Waals surface area contributed by atoms with Crippen LogP contribution in [0.4, 0.5) is 0 Å². The van der Waals surface area contributed by atoms with Crippen LogP contribution in [0.3, 0.4) is 0 Å². The maximum absolute atomic E-state index is 12.0. The van der Waals surface area contributed by atoms with E-state index in [2.05, 4.69) is 4.74 Å². The van der Waals surface area contributed by atoms with Crippen LogP contribution in [0.15, 0.2) is 0 Å². The first-order valence-corrected chi connectivity index (χ1v) is 5.17. The first-order chi connectivity index (χ1) is 6.82. The summed E-state index contributed by atoms with van der Waals surface area (Å²) in [5.41, 5.74) is 0. The highest BCUT2D eigenvalue weighted by molar-refractivity contribution is 5.98. The van der Waals surface area contributed by atoms with Crippen molar-refractivity contribution in [1.82, 2.24) is 4.90 Å². The topological polar surface area (TPSA) is 46.6 Å². The molecule has 0 aliphatic rings. The quantitative estimate of drug-likeness (QED) is 0.524. The zero-order valence-electron chi connectivity index (χ0n) is 10.4. The summed E-state index contributed by atoms with van der Waals surface area (Å²) < 4.78 is 4.64. The Balaban J connectivity index is 4.79. The van der Waals surface area contributed by atoms with Crippen molar-refractivity contribution in [2.45, 2.75) is 33.7 Å². The van der Waals surface area contributed by atoms with Gasteiger partial charge in [-0.1, -0.05) is 13.8 Å². The van der Waals surface area contributed by atoms with Crippen LogP contribution in [-0.2, 0) is 14.3 Å². The van der Waals surface area contributed by atoms with E-state index in [1.807, 2.05) is 27.7 Å². The molecule has 1 atom stereocenters. The molecule has 0 aromatic rings. The van der Waals surface area contributed by atoms with E-state index in [-0.39, 0.29) is 17.9 Å². The van der Waals surface area contributed by atoms with Gasteiger partial charge in [0.15, 0.2) is 0 Å². The van der Waals surface area contributed by atoms with Gasteiger partial charge in [-0.2, -0.15) is 0 Å². The van der Waals surface area contributed by atoms with Gasteiger partial charge in [-0.3, -0.25) is 9.59 Å². The van der Waals surface area contributed by atoms with Gasteiger partial charge in [-0.05, 0) is 19.8 Å². The summed E-state index contributed by atoms with van der Waals surface area (Å²) in [6.45, 7) is 7.50. The number of methoxy groups -OCH3 is 1. The van der Waals surface area contributed by atoms with Crippen molar-refractivity contribution in [3.8, 4) is 0 Å². The molecule has 1 unspecified atom stereocenters. The van der Waals surface area contributed by atoms with Gasteiger partial charge in [0.05, 0.1) is 7.11 Å². The Labute approximate surface area is 91.6 Å². The van der Waals surface area contributed by atoms with E-state index in [9.17, 15) is 9.59 Å². The van der Waals surface area contributed by atoms with Crippen LogP contribution in [0.1, 0.15) is 27.7 Å². The second kappa shape index (κ2) is 5.73. The van der Waals surface area contributed by atoms with Gasteiger partial charge in [-0.25, -0.2) is 0 Å². The molecule has 0 bridgehead atoms. The predicted molar refractivity (Wildman–Crippen MR) is 58.3 cm³/mol. The number of esters is 1. The Kier molecular flexibility index (Phi) is 5.33. The monoisotopic (exact) mass is 215 g/mol. The van der Waals surface area contributed by atoms with Crippen molar-refractivity contribution in [1.29, 1.82) is 0 Å². The molecule has 0 radical (unpaired) electrons. The van der Waals surface area contributed by atoms with Crippen LogP contribution in [0.5, 0.6) is 0 Å². The van der Waals surface area contributed by atoms with E-state index in [4.69, 9.17) is 0 Å². The van der Waals surface area contributed by atoms with Gasteiger partial charge in [0, 0.05) is 13.1 Å². The second-order valence-electron chi connectivity index (χ2n) is 4.29. The molecular weight excluding hydrogens is 194 g/mol. The number of hydrogen-bond acceptors (Lipinski definition) is 3. The van der Waals surface area contributed by atoms with Gasteiger partial charge in [0.1, 0.15) is 5.92 Å². The Morgan fingerprint density at radius 1 is 1.13 bits per heavy atom. The minimum Gasteiger partial charge on any atom is -0.468 e. The summed E-state index contributed by atoms with van der Waals surface area (Å²) in [6.07, 6.45) is 0. The standard InChI is InChI=1S/C11H21NO3/c1-7(2)9(11(14)15-6)10(13)12(5)8(3)4/h7-9H,1-6H3. The number of rotatable bonds is 4. The minimum atomic E-state index is -0.692. The highest BCUT2D eigenvalue weighted by atomic mass is 16.5. The fraction of sp³-hybridized carbons (Fsp3) is 0.818. The molecule has 0 saturated carbocycles. The highest BCUT2D eigenvalue weighted by Crippen LogP contribution is 2.16. The second-order valence-corrected chi connectivity index (χ2v) is 4.29. The molecule has 1 amide bonds. The Bertz CT molecular complexity index is 236. The number of ether oxygens (including phenoxy) is 1. The predicted octanol–water partition coefficient (Wildman–Crippen LogP) is 1.30. The zero-order valence-corrected chi connectivity index (χ0v) is 10.4. The average Bonchev–Trinajstić information content (AvgIpc) is 2.15. The van der Waals surface area contributed by atoms with E-state index in [1.54, 1.807) is 11.9 Å². The first-order valence-electron chi connectivity index (χ1n) is 5.17. The highest BCUT2D eigenvalue weighted by Gasteiger charge is 2.33. The molecule has 0 N–H and O–H groups in total. The fourth-order valence-corrected chi connectivity index (χ4v) is 1.26. The summed E-state index contributed by atoms with van der Waals surface area (Å²) in [5.74, 6) is -1.37. The summed E-state index contributed by atoms with van der Waals surface area (Å²) in [6, 6.07) is 0.0865. The lowest BCUT2D eigenvalue weighted by Gasteiger charge is -2.27. The van der Waals surface area contributed by atoms with E-state index in [0.717, 1.165) is 0 Å². The van der Waals surface area contributed by atoms with Gasteiger partial charge in [0.25, 0.3) is 0 Å². The fourth-order valence-electron chi connectivity index (χ4n) is 1.26. The van der Waals surface area contributed by atoms with Gasteiger partial charge >= 0.3 is 5.97 Å². The molecule has 0 aromatic heterocycles. The van der Waals surface area contributed by atoms with Crippen molar-refractivity contribution in [2.24, 2.45) is 11.8 Å². The number of carbonyl (C=O) groups is 2. The van der Waals surface area contributed by atoms with Crippen LogP contribution in [0, 0.1) is 11.8 Å². The zero-order chi connectivity index (χ0) is 12.2. The molecule has 0 aromatic carbocycles. The van der Waals surface area contributed by atoms with E-state index < -0.39 is 11.9 Å². The number of carbonyl (C=O) groups excluding carboxylic acids is 2. The summed E-state index contributed by atoms with van der Waals surface area (Å²) in [4.78, 5) is 25.0. The van der Waals surface area contributed by atoms with Crippen molar-refractivity contribution < 1.29 is 14.3 Å². The molecule has 0 aliphatic carbocycles. The van der Waals surface area contributed by atoms with Crippen LogP contribution >= 0.6 is 0 Å². The van der Waals surface area contributed by atoms with Gasteiger partial charge < -0.3 is 9.64 Å². The lowest BCUT2D eigenvalue weighted by atomic mass is 9.94. The van der Waals surface area contributed by atoms with Crippen molar-refractivity contribution in [2.75, 3.05) is 14.2 Å². The molecule has 15 heavy (non-hydrogen) atoms. The SMILES string of the molecule is COC(=O)C(C(=O)N(C)C(C)C)C(C)C. The normalized spacial score (nSPS) is 12.8. The third kappa shape index (κ3) is 3.53.